The highest BCUT2D eigenvalue weighted by Gasteiger charge is 2.31. The number of carbonyl (C=O) groups is 1. The van der Waals surface area contributed by atoms with Crippen LogP contribution in [-0.4, -0.2) is 35.4 Å². The Morgan fingerprint density at radius 3 is 2.41 bits per heavy atom. The van der Waals surface area contributed by atoms with Gasteiger partial charge >= 0.3 is 5.91 Å². The maximum absolute atomic E-state index is 12.9. The molecule has 4 rings (SSSR count). The molecule has 3 aromatic carbocycles. The number of phenols is 1. The van der Waals surface area contributed by atoms with Crippen LogP contribution in [-0.2, 0) is 14.9 Å². The van der Waals surface area contributed by atoms with E-state index in [4.69, 9.17) is 0 Å². The molecule has 0 aromatic heterocycles. The highest BCUT2D eigenvalue weighted by atomic mass is 32.2. The number of hydrogen-bond donors (Lipinski definition) is 3. The Kier molecular flexibility index (Phi) is 5.94. The highest BCUT2D eigenvalue weighted by Crippen LogP contribution is 2.36. The Hall–Kier alpha value is -4.02. The molecule has 0 saturated carbocycles. The van der Waals surface area contributed by atoms with Gasteiger partial charge in [-0.25, -0.2) is 0 Å². The van der Waals surface area contributed by atoms with Crippen LogP contribution in [0.4, 0.5) is 11.4 Å². The van der Waals surface area contributed by atoms with Gasteiger partial charge in [-0.1, -0.05) is 30.3 Å². The van der Waals surface area contributed by atoms with E-state index in [0.717, 1.165) is 11.1 Å². The monoisotopic (exact) mass is 478 g/mol. The van der Waals surface area contributed by atoms with Crippen LogP contribution in [0.1, 0.15) is 18.1 Å². The lowest BCUT2D eigenvalue weighted by atomic mass is 10.0. The maximum atomic E-state index is 12.9. The van der Waals surface area contributed by atoms with Crippen molar-refractivity contribution in [1.29, 1.82) is 0 Å². The van der Waals surface area contributed by atoms with Crippen LogP contribution in [0.3, 0.4) is 0 Å². The second kappa shape index (κ2) is 8.73. The average molecular weight is 479 g/mol. The van der Waals surface area contributed by atoms with Gasteiger partial charge in [-0.15, -0.1) is 0 Å². The topological polar surface area (TPSA) is 132 Å². The minimum Gasteiger partial charge on any atom is -0.505 e. The van der Waals surface area contributed by atoms with E-state index >= 15 is 0 Å². The molecule has 174 valence electrons. The Balaban J connectivity index is 1.62. The molecule has 0 bridgehead atoms. The molecule has 1 amide bonds. The zero-order valence-corrected chi connectivity index (χ0v) is 19.5. The quantitative estimate of drug-likeness (QED) is 0.287. The third-order valence-corrected chi connectivity index (χ3v) is 6.34. The number of nitrogens with one attached hydrogen (secondary N) is 1. The fourth-order valence-corrected chi connectivity index (χ4v) is 3.99. The summed E-state index contributed by atoms with van der Waals surface area (Å²) in [6.45, 7) is 5.60. The van der Waals surface area contributed by atoms with E-state index in [9.17, 15) is 22.9 Å². The molecule has 34 heavy (non-hydrogen) atoms. The minimum atomic E-state index is -4.40. The van der Waals surface area contributed by atoms with Crippen LogP contribution in [0.15, 0.2) is 75.8 Å². The third-order valence-electron chi connectivity index (χ3n) is 5.49. The van der Waals surface area contributed by atoms with Gasteiger partial charge < -0.3 is 5.11 Å². The van der Waals surface area contributed by atoms with Crippen LogP contribution in [0.25, 0.3) is 11.1 Å². The van der Waals surface area contributed by atoms with Gasteiger partial charge in [0.15, 0.2) is 5.71 Å². The summed E-state index contributed by atoms with van der Waals surface area (Å²) in [4.78, 5) is 12.6. The number of hydrogen-bond acceptors (Lipinski definition) is 7. The SMILES string of the molecule is CC1=NN(c2ccc(C)c(C)c2)C(=O)C1=NNc1cccc(-c2cccc(S(=O)(=O)O)c2)c1O. The van der Waals surface area contributed by atoms with Gasteiger partial charge in [0, 0.05) is 5.56 Å². The van der Waals surface area contributed by atoms with Gasteiger partial charge in [0.25, 0.3) is 10.1 Å². The van der Waals surface area contributed by atoms with E-state index in [2.05, 4.69) is 15.6 Å². The van der Waals surface area contributed by atoms with Crippen LogP contribution in [0.2, 0.25) is 0 Å². The lowest BCUT2D eigenvalue weighted by Crippen LogP contribution is -2.28. The van der Waals surface area contributed by atoms with Crippen molar-refractivity contribution in [3.63, 3.8) is 0 Å². The molecule has 0 aliphatic carbocycles. The zero-order chi connectivity index (χ0) is 24.6. The number of carbonyl (C=O) groups excluding carboxylic acids is 1. The van der Waals surface area contributed by atoms with E-state index in [0.29, 0.717) is 22.5 Å². The summed E-state index contributed by atoms with van der Waals surface area (Å²) in [5.74, 6) is -0.616. The van der Waals surface area contributed by atoms with Crippen molar-refractivity contribution in [2.75, 3.05) is 10.4 Å². The summed E-state index contributed by atoms with van der Waals surface area (Å²) >= 11 is 0. The fraction of sp³-hybridized carbons (Fsp3) is 0.125. The average Bonchev–Trinajstić information content (AvgIpc) is 3.08. The number of para-hydroxylation sites is 1. The molecule has 9 nitrogen and oxygen atoms in total. The van der Waals surface area contributed by atoms with Crippen molar-refractivity contribution in [2.24, 2.45) is 10.2 Å². The second-order valence-corrected chi connectivity index (χ2v) is 9.27. The molecular formula is C24H22N4O5S. The molecule has 1 aliphatic heterocycles. The predicted molar refractivity (Wildman–Crippen MR) is 131 cm³/mol. The highest BCUT2D eigenvalue weighted by molar-refractivity contribution is 7.85. The van der Waals surface area contributed by atoms with E-state index in [-0.39, 0.29) is 22.0 Å². The molecular weight excluding hydrogens is 456 g/mol. The minimum absolute atomic E-state index is 0.0939. The number of benzene rings is 3. The molecule has 3 N–H and O–H groups in total. The van der Waals surface area contributed by atoms with E-state index in [1.807, 2.05) is 32.0 Å². The van der Waals surface area contributed by atoms with Crippen molar-refractivity contribution >= 4 is 38.8 Å². The van der Waals surface area contributed by atoms with Gasteiger partial charge in [0.05, 0.1) is 22.0 Å². The first-order valence-corrected chi connectivity index (χ1v) is 11.7. The van der Waals surface area contributed by atoms with Crippen LogP contribution >= 0.6 is 0 Å². The van der Waals surface area contributed by atoms with E-state index in [1.54, 1.807) is 31.2 Å². The molecule has 1 aliphatic rings. The second-order valence-electron chi connectivity index (χ2n) is 7.85. The maximum Gasteiger partial charge on any atom is 0.301 e. The van der Waals surface area contributed by atoms with Gasteiger partial charge in [0.2, 0.25) is 0 Å². The third kappa shape index (κ3) is 4.41. The summed E-state index contributed by atoms with van der Waals surface area (Å²) in [7, 11) is -4.40. The summed E-state index contributed by atoms with van der Waals surface area (Å²) in [6, 6.07) is 15.9. The van der Waals surface area contributed by atoms with Gasteiger partial charge in [-0.3, -0.25) is 14.8 Å². The molecule has 0 unspecified atom stereocenters. The number of anilines is 2. The number of nitrogens with zero attached hydrogens (tertiary/aromatic N) is 3. The molecule has 0 radical (unpaired) electrons. The summed E-state index contributed by atoms with van der Waals surface area (Å²) in [6.07, 6.45) is 0. The molecule has 0 saturated heterocycles. The first-order chi connectivity index (χ1) is 16.1. The number of rotatable bonds is 5. The Labute approximate surface area is 196 Å². The molecule has 0 atom stereocenters. The molecule has 10 heteroatoms. The lowest BCUT2D eigenvalue weighted by Gasteiger charge is -2.13. The number of phenolic OH excluding ortho intramolecular Hbond substituents is 1. The van der Waals surface area contributed by atoms with E-state index in [1.165, 1.54) is 23.2 Å². The first kappa shape index (κ1) is 23.1. The van der Waals surface area contributed by atoms with Gasteiger partial charge in [0.1, 0.15) is 5.75 Å². The normalized spacial score (nSPS) is 15.1. The lowest BCUT2D eigenvalue weighted by molar-refractivity contribution is -0.112. The molecule has 0 fully saturated rings. The number of aromatic hydroxyl groups is 1. The van der Waals surface area contributed by atoms with Crippen LogP contribution in [0.5, 0.6) is 5.75 Å². The Morgan fingerprint density at radius 1 is 0.971 bits per heavy atom. The number of amides is 1. The van der Waals surface area contributed by atoms with Gasteiger partial charge in [-0.2, -0.15) is 23.6 Å². The number of hydrazone groups is 2. The predicted octanol–water partition coefficient (Wildman–Crippen LogP) is 4.11. The van der Waals surface area contributed by atoms with Crippen molar-refractivity contribution < 1.29 is 22.9 Å². The fourth-order valence-electron chi connectivity index (χ4n) is 3.47. The summed E-state index contributed by atoms with van der Waals surface area (Å²) < 4.78 is 32.2. The van der Waals surface area contributed by atoms with Crippen molar-refractivity contribution in [3.05, 3.63) is 71.8 Å². The number of aryl methyl sites for hydroxylation is 2. The summed E-state index contributed by atoms with van der Waals surface area (Å²) in [5.41, 5.74) is 6.86. The Morgan fingerprint density at radius 2 is 1.71 bits per heavy atom. The molecule has 3 aromatic rings. The smallest absolute Gasteiger partial charge is 0.301 e. The zero-order valence-electron chi connectivity index (χ0n) is 18.6. The summed E-state index contributed by atoms with van der Waals surface area (Å²) in [5, 5.41) is 20.5. The van der Waals surface area contributed by atoms with Crippen molar-refractivity contribution in [3.8, 4) is 16.9 Å². The van der Waals surface area contributed by atoms with Gasteiger partial charge in [-0.05, 0) is 67.8 Å². The Bertz CT molecular complexity index is 1480. The standard InChI is InChI=1S/C24H22N4O5S/c1-14-10-11-18(12-15(14)2)28-24(30)22(16(3)27-28)26-25-21-9-5-8-20(23(21)29)17-6-4-7-19(13-17)34(31,32)33/h4-13,25,29H,1-3H3,(H,31,32,33). The van der Waals surface area contributed by atoms with Crippen LogP contribution in [0, 0.1) is 13.8 Å². The first-order valence-electron chi connectivity index (χ1n) is 10.3. The van der Waals surface area contributed by atoms with E-state index < -0.39 is 16.0 Å². The molecule has 0 spiro atoms. The van der Waals surface area contributed by atoms with Crippen molar-refractivity contribution in [2.45, 2.75) is 25.7 Å². The largest absolute Gasteiger partial charge is 0.505 e. The molecule has 1 heterocycles. The van der Waals surface area contributed by atoms with Crippen molar-refractivity contribution in [1.82, 2.24) is 0 Å². The van der Waals surface area contributed by atoms with Crippen LogP contribution < -0.4 is 10.4 Å².